The Morgan fingerprint density at radius 2 is 2.00 bits per heavy atom. The highest BCUT2D eigenvalue weighted by atomic mass is 16.5. The predicted octanol–water partition coefficient (Wildman–Crippen LogP) is 3.82. The van der Waals surface area contributed by atoms with Gasteiger partial charge in [-0.05, 0) is 56.0 Å². The monoisotopic (exact) mass is 378 g/mol. The lowest BCUT2D eigenvalue weighted by molar-refractivity contribution is 0.0685. The molecular weight excluding hydrogens is 352 g/mol. The molecule has 3 aromatic rings. The van der Waals surface area contributed by atoms with Gasteiger partial charge in [-0.15, -0.1) is 0 Å². The van der Waals surface area contributed by atoms with Crippen molar-refractivity contribution < 1.29 is 9.53 Å². The Morgan fingerprint density at radius 1 is 1.25 bits per heavy atom. The van der Waals surface area contributed by atoms with Crippen molar-refractivity contribution in [3.63, 3.8) is 0 Å². The van der Waals surface area contributed by atoms with Crippen LogP contribution in [0.25, 0.3) is 22.3 Å². The third kappa shape index (κ3) is 3.23. The average molecular weight is 378 g/mol. The summed E-state index contributed by atoms with van der Waals surface area (Å²) in [6.07, 6.45) is 2.23. The number of ether oxygens (including phenoxy) is 1. The Kier molecular flexibility index (Phi) is 4.79. The largest absolute Gasteiger partial charge is 0.497 e. The van der Waals surface area contributed by atoms with Crippen LogP contribution < -0.4 is 4.74 Å². The number of amides is 1. The molecular formula is C22H26N4O2. The summed E-state index contributed by atoms with van der Waals surface area (Å²) in [5.74, 6) is 1.40. The maximum Gasteiger partial charge on any atom is 0.254 e. The van der Waals surface area contributed by atoms with E-state index in [9.17, 15) is 4.79 Å². The van der Waals surface area contributed by atoms with Crippen molar-refractivity contribution in [1.82, 2.24) is 19.7 Å². The third-order valence-electron chi connectivity index (χ3n) is 5.53. The molecule has 0 spiro atoms. The van der Waals surface area contributed by atoms with Crippen LogP contribution in [0.3, 0.4) is 0 Å². The van der Waals surface area contributed by atoms with Crippen molar-refractivity contribution in [2.45, 2.75) is 26.7 Å². The van der Waals surface area contributed by atoms with Crippen LogP contribution in [0.15, 0.2) is 30.3 Å². The molecule has 146 valence electrons. The second-order valence-electron chi connectivity index (χ2n) is 7.69. The van der Waals surface area contributed by atoms with Gasteiger partial charge in [-0.25, -0.2) is 4.98 Å². The van der Waals surface area contributed by atoms with Gasteiger partial charge in [0.15, 0.2) is 5.65 Å². The molecule has 1 amide bonds. The SMILES string of the molecule is COc1ccc(-c2cc(C(=O)N3CCC[C@@H](C)C3)c3c(C)nn(C)c3n2)cc1. The first kappa shape index (κ1) is 18.5. The van der Waals surface area contributed by atoms with Crippen LogP contribution in [0, 0.1) is 12.8 Å². The number of methoxy groups -OCH3 is 1. The van der Waals surface area contributed by atoms with E-state index in [0.29, 0.717) is 11.5 Å². The van der Waals surface area contributed by atoms with E-state index in [-0.39, 0.29) is 5.91 Å². The lowest BCUT2D eigenvalue weighted by Gasteiger charge is -2.31. The normalized spacial score (nSPS) is 17.1. The molecule has 1 fully saturated rings. The minimum Gasteiger partial charge on any atom is -0.497 e. The van der Waals surface area contributed by atoms with Crippen molar-refractivity contribution in [1.29, 1.82) is 0 Å². The maximum absolute atomic E-state index is 13.4. The first-order valence-electron chi connectivity index (χ1n) is 9.76. The van der Waals surface area contributed by atoms with Gasteiger partial charge < -0.3 is 9.64 Å². The van der Waals surface area contributed by atoms with Crippen molar-refractivity contribution in [2.75, 3.05) is 20.2 Å². The van der Waals surface area contributed by atoms with Crippen LogP contribution in [0.4, 0.5) is 0 Å². The van der Waals surface area contributed by atoms with E-state index in [1.54, 1.807) is 11.8 Å². The molecule has 0 aliphatic carbocycles. The van der Waals surface area contributed by atoms with Crippen LogP contribution in [-0.2, 0) is 7.05 Å². The van der Waals surface area contributed by atoms with Crippen LogP contribution >= 0.6 is 0 Å². The molecule has 1 aliphatic heterocycles. The number of benzene rings is 1. The van der Waals surface area contributed by atoms with Gasteiger partial charge in [0.05, 0.1) is 29.4 Å². The Morgan fingerprint density at radius 3 is 2.68 bits per heavy atom. The smallest absolute Gasteiger partial charge is 0.254 e. The summed E-state index contributed by atoms with van der Waals surface area (Å²) in [6, 6.07) is 9.66. The van der Waals surface area contributed by atoms with E-state index >= 15 is 0 Å². The minimum absolute atomic E-state index is 0.0739. The second kappa shape index (κ2) is 7.26. The maximum atomic E-state index is 13.4. The molecule has 2 aromatic heterocycles. The van der Waals surface area contributed by atoms with E-state index in [4.69, 9.17) is 9.72 Å². The molecule has 3 heterocycles. The summed E-state index contributed by atoms with van der Waals surface area (Å²) in [7, 11) is 3.52. The van der Waals surface area contributed by atoms with Gasteiger partial charge in [-0.2, -0.15) is 5.10 Å². The zero-order chi connectivity index (χ0) is 19.8. The number of nitrogens with zero attached hydrogens (tertiary/aromatic N) is 4. The van der Waals surface area contributed by atoms with Gasteiger partial charge in [0.25, 0.3) is 5.91 Å². The number of rotatable bonds is 3. The summed E-state index contributed by atoms with van der Waals surface area (Å²) in [5, 5.41) is 5.37. The molecule has 1 atom stereocenters. The van der Waals surface area contributed by atoms with E-state index < -0.39 is 0 Å². The Bertz CT molecular complexity index is 1020. The number of aryl methyl sites for hydroxylation is 2. The molecule has 1 aromatic carbocycles. The third-order valence-corrected chi connectivity index (χ3v) is 5.53. The highest BCUT2D eigenvalue weighted by Crippen LogP contribution is 2.29. The zero-order valence-corrected chi connectivity index (χ0v) is 16.9. The number of piperidine rings is 1. The van der Waals surface area contributed by atoms with Gasteiger partial charge in [-0.3, -0.25) is 9.48 Å². The minimum atomic E-state index is 0.0739. The lowest BCUT2D eigenvalue weighted by Crippen LogP contribution is -2.39. The molecule has 6 heteroatoms. The van der Waals surface area contributed by atoms with Crippen LogP contribution in [0.1, 0.15) is 35.8 Å². The van der Waals surface area contributed by atoms with E-state index in [1.165, 1.54) is 6.42 Å². The number of hydrogen-bond acceptors (Lipinski definition) is 4. The van der Waals surface area contributed by atoms with E-state index in [1.807, 2.05) is 49.2 Å². The summed E-state index contributed by atoms with van der Waals surface area (Å²) in [6.45, 7) is 5.76. The number of likely N-dealkylation sites (tertiary alicyclic amines) is 1. The second-order valence-corrected chi connectivity index (χ2v) is 7.69. The fourth-order valence-electron chi connectivity index (χ4n) is 4.07. The highest BCUT2D eigenvalue weighted by Gasteiger charge is 2.26. The fraction of sp³-hybridized carbons (Fsp3) is 0.409. The molecule has 4 rings (SSSR count). The van der Waals surface area contributed by atoms with Gasteiger partial charge in [0.1, 0.15) is 5.75 Å². The van der Waals surface area contributed by atoms with Gasteiger partial charge >= 0.3 is 0 Å². The lowest BCUT2D eigenvalue weighted by atomic mass is 9.98. The fourth-order valence-corrected chi connectivity index (χ4v) is 4.07. The summed E-state index contributed by atoms with van der Waals surface area (Å²) in [5.41, 5.74) is 3.98. The Labute approximate surface area is 165 Å². The molecule has 0 radical (unpaired) electrons. The molecule has 0 N–H and O–H groups in total. The quantitative estimate of drug-likeness (QED) is 0.695. The molecule has 1 aliphatic rings. The van der Waals surface area contributed by atoms with Crippen molar-refractivity contribution >= 4 is 16.9 Å². The van der Waals surface area contributed by atoms with Crippen LogP contribution in [0.5, 0.6) is 5.75 Å². The molecule has 0 unspecified atom stereocenters. The Balaban J connectivity index is 1.84. The van der Waals surface area contributed by atoms with Gasteiger partial charge in [0.2, 0.25) is 0 Å². The van der Waals surface area contributed by atoms with E-state index in [0.717, 1.165) is 53.2 Å². The van der Waals surface area contributed by atoms with E-state index in [2.05, 4.69) is 12.0 Å². The Hall–Kier alpha value is -2.89. The molecule has 6 nitrogen and oxygen atoms in total. The zero-order valence-electron chi connectivity index (χ0n) is 16.9. The van der Waals surface area contributed by atoms with Crippen LogP contribution in [0.2, 0.25) is 0 Å². The van der Waals surface area contributed by atoms with Crippen molar-refractivity contribution in [3.8, 4) is 17.0 Å². The molecule has 0 saturated carbocycles. The standard InChI is InChI=1S/C22H26N4O2/c1-14-6-5-11-26(13-14)22(27)18-12-19(16-7-9-17(28-4)10-8-16)23-21-20(18)15(2)24-25(21)3/h7-10,12,14H,5-6,11,13H2,1-4H3/t14-/m1/s1. The topological polar surface area (TPSA) is 60.2 Å². The highest BCUT2D eigenvalue weighted by molar-refractivity contribution is 6.07. The van der Waals surface area contributed by atoms with Crippen molar-refractivity contribution in [2.24, 2.45) is 13.0 Å². The summed E-state index contributed by atoms with van der Waals surface area (Å²) < 4.78 is 7.01. The van der Waals surface area contributed by atoms with Gasteiger partial charge in [0, 0.05) is 25.7 Å². The van der Waals surface area contributed by atoms with Gasteiger partial charge in [-0.1, -0.05) is 6.92 Å². The molecule has 0 bridgehead atoms. The number of carbonyl (C=O) groups excluding carboxylic acids is 1. The average Bonchev–Trinajstić information content (AvgIpc) is 3.00. The number of hydrogen-bond donors (Lipinski definition) is 0. The number of fused-ring (bicyclic) bond motifs is 1. The van der Waals surface area contributed by atoms with Crippen LogP contribution in [-0.4, -0.2) is 45.8 Å². The first-order chi connectivity index (χ1) is 13.5. The number of aromatic nitrogens is 3. The number of carbonyl (C=O) groups is 1. The first-order valence-corrected chi connectivity index (χ1v) is 9.76. The summed E-state index contributed by atoms with van der Waals surface area (Å²) >= 11 is 0. The summed E-state index contributed by atoms with van der Waals surface area (Å²) in [4.78, 5) is 20.2. The van der Waals surface area contributed by atoms with Crippen molar-refractivity contribution in [3.05, 3.63) is 41.6 Å². The predicted molar refractivity (Wildman–Crippen MR) is 110 cm³/mol. The molecule has 28 heavy (non-hydrogen) atoms. The molecule has 1 saturated heterocycles. The number of pyridine rings is 1.